The van der Waals surface area contributed by atoms with Crippen LogP contribution in [0.15, 0.2) is 48.5 Å². The fourth-order valence-corrected chi connectivity index (χ4v) is 2.06. The van der Waals surface area contributed by atoms with Crippen molar-refractivity contribution >= 4 is 35.2 Å². The molecule has 5 heteroatoms. The van der Waals surface area contributed by atoms with Gasteiger partial charge in [-0.05, 0) is 42.0 Å². The largest absolute Gasteiger partial charge is 0.489 e. The molecular weight excluding hydrogens is 311 g/mol. The Labute approximate surface area is 132 Å². The van der Waals surface area contributed by atoms with Gasteiger partial charge in [-0.1, -0.05) is 35.3 Å². The molecule has 2 rings (SSSR count). The molecule has 0 radical (unpaired) electrons. The molecule has 0 spiro atoms. The van der Waals surface area contributed by atoms with Gasteiger partial charge in [-0.2, -0.15) is 0 Å². The van der Waals surface area contributed by atoms with Gasteiger partial charge in [-0.3, -0.25) is 0 Å². The number of ether oxygens (including phenoxy) is 1. The molecule has 0 amide bonds. The number of carbonyl (C=O) groups is 1. The average molecular weight is 323 g/mol. The van der Waals surface area contributed by atoms with Crippen LogP contribution < -0.4 is 4.74 Å². The van der Waals surface area contributed by atoms with Crippen molar-refractivity contribution in [2.75, 3.05) is 0 Å². The van der Waals surface area contributed by atoms with E-state index in [0.717, 1.165) is 17.2 Å². The molecule has 0 saturated heterocycles. The minimum Gasteiger partial charge on any atom is -0.489 e. The Morgan fingerprint density at radius 2 is 2.00 bits per heavy atom. The predicted molar refractivity (Wildman–Crippen MR) is 83.9 cm³/mol. The van der Waals surface area contributed by atoms with Crippen LogP contribution in [0.4, 0.5) is 0 Å². The zero-order chi connectivity index (χ0) is 15.2. The second-order valence-corrected chi connectivity index (χ2v) is 5.11. The summed E-state index contributed by atoms with van der Waals surface area (Å²) in [6.07, 6.45) is 2.58. The van der Waals surface area contributed by atoms with E-state index < -0.39 is 5.97 Å². The fraction of sp³-hybridized carbons (Fsp3) is 0.0625. The summed E-state index contributed by atoms with van der Waals surface area (Å²) in [5.74, 6) is -0.370. The van der Waals surface area contributed by atoms with E-state index in [-0.39, 0.29) is 6.61 Å². The lowest BCUT2D eigenvalue weighted by atomic mass is 10.2. The molecule has 0 aromatic heterocycles. The van der Waals surface area contributed by atoms with Crippen LogP contribution in [0.3, 0.4) is 0 Å². The number of carboxylic acid groups (broad SMARTS) is 1. The van der Waals surface area contributed by atoms with E-state index >= 15 is 0 Å². The van der Waals surface area contributed by atoms with Crippen molar-refractivity contribution in [1.29, 1.82) is 0 Å². The predicted octanol–water partition coefficient (Wildman–Crippen LogP) is 4.67. The van der Waals surface area contributed by atoms with E-state index in [2.05, 4.69) is 0 Å². The van der Waals surface area contributed by atoms with Crippen molar-refractivity contribution in [3.05, 3.63) is 69.7 Å². The molecular formula is C16H12Cl2O3. The van der Waals surface area contributed by atoms with Gasteiger partial charge >= 0.3 is 5.97 Å². The van der Waals surface area contributed by atoms with Crippen molar-refractivity contribution in [1.82, 2.24) is 0 Å². The van der Waals surface area contributed by atoms with Crippen LogP contribution in [0.2, 0.25) is 10.0 Å². The summed E-state index contributed by atoms with van der Waals surface area (Å²) in [7, 11) is 0. The molecule has 0 aliphatic carbocycles. The summed E-state index contributed by atoms with van der Waals surface area (Å²) in [5.41, 5.74) is 1.53. The van der Waals surface area contributed by atoms with Crippen molar-refractivity contribution < 1.29 is 14.6 Å². The minimum atomic E-state index is -0.993. The van der Waals surface area contributed by atoms with Crippen molar-refractivity contribution in [2.45, 2.75) is 6.61 Å². The highest BCUT2D eigenvalue weighted by Gasteiger charge is 2.03. The van der Waals surface area contributed by atoms with E-state index in [1.54, 1.807) is 42.5 Å². The Balaban J connectivity index is 2.08. The van der Waals surface area contributed by atoms with Gasteiger partial charge < -0.3 is 9.84 Å². The lowest BCUT2D eigenvalue weighted by molar-refractivity contribution is -0.131. The maximum absolute atomic E-state index is 10.5. The maximum Gasteiger partial charge on any atom is 0.328 e. The molecule has 0 unspecified atom stereocenters. The number of aliphatic carboxylic acids is 1. The molecule has 0 bridgehead atoms. The summed E-state index contributed by atoms with van der Waals surface area (Å²) in [5, 5.41) is 9.79. The Morgan fingerprint density at radius 3 is 2.76 bits per heavy atom. The van der Waals surface area contributed by atoms with Crippen LogP contribution in [-0.2, 0) is 11.4 Å². The number of carboxylic acids is 1. The van der Waals surface area contributed by atoms with Crippen LogP contribution in [0.25, 0.3) is 6.08 Å². The zero-order valence-corrected chi connectivity index (χ0v) is 12.4. The molecule has 0 aliphatic rings. The molecule has 21 heavy (non-hydrogen) atoms. The Kier molecular flexibility index (Phi) is 5.26. The summed E-state index contributed by atoms with van der Waals surface area (Å²) in [6, 6.07) is 12.3. The van der Waals surface area contributed by atoms with Gasteiger partial charge in [0.15, 0.2) is 0 Å². The maximum atomic E-state index is 10.5. The SMILES string of the molecule is O=C(O)C=Cc1cccc(OCc2cc(Cl)ccc2Cl)c1. The normalized spacial score (nSPS) is 10.8. The molecule has 2 aromatic rings. The first-order valence-corrected chi connectivity index (χ1v) is 6.88. The molecule has 0 aliphatic heterocycles. The first-order valence-electron chi connectivity index (χ1n) is 6.12. The molecule has 0 saturated carbocycles. The van der Waals surface area contributed by atoms with E-state index in [1.807, 2.05) is 0 Å². The highest BCUT2D eigenvalue weighted by Crippen LogP contribution is 2.23. The second kappa shape index (κ2) is 7.16. The fourth-order valence-electron chi connectivity index (χ4n) is 1.69. The summed E-state index contributed by atoms with van der Waals surface area (Å²) in [4.78, 5) is 10.5. The van der Waals surface area contributed by atoms with Crippen LogP contribution in [0.1, 0.15) is 11.1 Å². The highest BCUT2D eigenvalue weighted by atomic mass is 35.5. The third kappa shape index (κ3) is 4.81. The van der Waals surface area contributed by atoms with Crippen LogP contribution >= 0.6 is 23.2 Å². The highest BCUT2D eigenvalue weighted by molar-refractivity contribution is 6.33. The molecule has 0 atom stereocenters. The Hall–Kier alpha value is -1.97. The summed E-state index contributed by atoms with van der Waals surface area (Å²) in [6.45, 7) is 0.283. The zero-order valence-electron chi connectivity index (χ0n) is 10.9. The van der Waals surface area contributed by atoms with Crippen LogP contribution in [-0.4, -0.2) is 11.1 Å². The molecule has 0 fully saturated rings. The lowest BCUT2D eigenvalue weighted by Crippen LogP contribution is -1.96. The lowest BCUT2D eigenvalue weighted by Gasteiger charge is -2.08. The number of benzene rings is 2. The van der Waals surface area contributed by atoms with E-state index in [0.29, 0.717) is 15.8 Å². The first-order chi connectivity index (χ1) is 10.0. The van der Waals surface area contributed by atoms with Gasteiger partial charge in [0.2, 0.25) is 0 Å². The standard InChI is InChI=1S/C16H12Cl2O3/c17-13-5-6-15(18)12(9-13)10-21-14-3-1-2-11(8-14)4-7-16(19)20/h1-9H,10H2,(H,19,20). The van der Waals surface area contributed by atoms with Gasteiger partial charge in [0.05, 0.1) is 0 Å². The van der Waals surface area contributed by atoms with Gasteiger partial charge in [-0.25, -0.2) is 4.79 Å². The molecule has 108 valence electrons. The van der Waals surface area contributed by atoms with Crippen molar-refractivity contribution in [3.8, 4) is 5.75 Å². The van der Waals surface area contributed by atoms with E-state index in [9.17, 15) is 4.79 Å². The van der Waals surface area contributed by atoms with Gasteiger partial charge in [0.25, 0.3) is 0 Å². The Bertz CT molecular complexity index is 681. The van der Waals surface area contributed by atoms with E-state index in [1.165, 1.54) is 6.08 Å². The van der Waals surface area contributed by atoms with Gasteiger partial charge in [-0.15, -0.1) is 0 Å². The van der Waals surface area contributed by atoms with E-state index in [4.69, 9.17) is 33.0 Å². The van der Waals surface area contributed by atoms with Crippen LogP contribution in [0, 0.1) is 0 Å². The molecule has 0 heterocycles. The van der Waals surface area contributed by atoms with Crippen LogP contribution in [0.5, 0.6) is 5.75 Å². The minimum absolute atomic E-state index is 0.283. The molecule has 2 aromatic carbocycles. The quantitative estimate of drug-likeness (QED) is 0.813. The topological polar surface area (TPSA) is 46.5 Å². The third-order valence-corrected chi connectivity index (χ3v) is 3.28. The molecule has 3 nitrogen and oxygen atoms in total. The number of hydrogen-bond acceptors (Lipinski definition) is 2. The van der Waals surface area contributed by atoms with Crippen molar-refractivity contribution in [3.63, 3.8) is 0 Å². The third-order valence-electron chi connectivity index (χ3n) is 2.68. The second-order valence-electron chi connectivity index (χ2n) is 4.27. The smallest absolute Gasteiger partial charge is 0.328 e. The first kappa shape index (κ1) is 15.4. The molecule has 1 N–H and O–H groups in total. The number of halogens is 2. The average Bonchev–Trinajstić information content (AvgIpc) is 2.46. The number of hydrogen-bond donors (Lipinski definition) is 1. The van der Waals surface area contributed by atoms with Gasteiger partial charge in [0.1, 0.15) is 12.4 Å². The summed E-state index contributed by atoms with van der Waals surface area (Å²) >= 11 is 12.0. The summed E-state index contributed by atoms with van der Waals surface area (Å²) < 4.78 is 5.65. The van der Waals surface area contributed by atoms with Gasteiger partial charge in [0, 0.05) is 21.7 Å². The monoisotopic (exact) mass is 322 g/mol. The number of rotatable bonds is 5. The van der Waals surface area contributed by atoms with Crippen molar-refractivity contribution in [2.24, 2.45) is 0 Å². The Morgan fingerprint density at radius 1 is 1.19 bits per heavy atom.